The number of carbonyl (C=O) groups is 2. The molecule has 2 atom stereocenters. The summed E-state index contributed by atoms with van der Waals surface area (Å²) < 4.78 is 1.73. The van der Waals surface area contributed by atoms with Crippen molar-refractivity contribution in [2.24, 2.45) is 30.2 Å². The zero-order valence-electron chi connectivity index (χ0n) is 18.2. The van der Waals surface area contributed by atoms with Gasteiger partial charge in [0.25, 0.3) is 0 Å². The summed E-state index contributed by atoms with van der Waals surface area (Å²) in [5, 5.41) is 10.6. The van der Waals surface area contributed by atoms with Crippen LogP contribution in [0.1, 0.15) is 76.9 Å². The van der Waals surface area contributed by atoms with Gasteiger partial charge in [-0.1, -0.05) is 20.8 Å². The summed E-state index contributed by atoms with van der Waals surface area (Å²) in [5.74, 6) is 3.61. The van der Waals surface area contributed by atoms with Gasteiger partial charge in [0.2, 0.25) is 11.8 Å². The molecule has 0 aromatic carbocycles. The van der Waals surface area contributed by atoms with E-state index in [1.165, 1.54) is 0 Å². The molecule has 0 bridgehead atoms. The number of rotatable bonds is 8. The van der Waals surface area contributed by atoms with Gasteiger partial charge in [0.15, 0.2) is 5.82 Å². The van der Waals surface area contributed by atoms with Crippen molar-refractivity contribution >= 4 is 11.8 Å². The number of nitrogens with zero attached hydrogens (tertiary/aromatic N) is 3. The van der Waals surface area contributed by atoms with E-state index in [2.05, 4.69) is 41.5 Å². The molecule has 3 saturated carbocycles. The molecule has 1 aromatic heterocycles. The molecular weight excluding hydrogens is 366 g/mol. The monoisotopic (exact) mass is 401 g/mol. The second-order valence-electron chi connectivity index (χ2n) is 10.7. The van der Waals surface area contributed by atoms with Crippen LogP contribution in [0.4, 0.5) is 0 Å². The third kappa shape index (κ3) is 5.37. The van der Waals surface area contributed by atoms with E-state index < -0.39 is 0 Å². The van der Waals surface area contributed by atoms with Gasteiger partial charge in [0.05, 0.1) is 6.42 Å². The van der Waals surface area contributed by atoms with Crippen LogP contribution < -0.4 is 10.6 Å². The van der Waals surface area contributed by atoms with Crippen LogP contribution in [0.2, 0.25) is 0 Å². The lowest BCUT2D eigenvalue weighted by Crippen LogP contribution is -2.48. The smallest absolute Gasteiger partial charge is 0.227 e. The largest absolute Gasteiger partial charge is 0.356 e. The Morgan fingerprint density at radius 1 is 1.17 bits per heavy atom. The normalized spacial score (nSPS) is 28.6. The minimum atomic E-state index is 0.0123. The van der Waals surface area contributed by atoms with Gasteiger partial charge in [-0.05, 0) is 55.8 Å². The van der Waals surface area contributed by atoms with Gasteiger partial charge in [-0.25, -0.2) is 4.98 Å². The Labute approximate surface area is 173 Å². The van der Waals surface area contributed by atoms with E-state index in [1.807, 2.05) is 7.05 Å². The molecule has 0 radical (unpaired) electrons. The summed E-state index contributed by atoms with van der Waals surface area (Å²) in [5.41, 5.74) is 0.295. The van der Waals surface area contributed by atoms with E-state index in [9.17, 15) is 9.59 Å². The van der Waals surface area contributed by atoms with Crippen LogP contribution in [0.5, 0.6) is 0 Å². The lowest BCUT2D eigenvalue weighted by molar-refractivity contribution is -0.124. The van der Waals surface area contributed by atoms with Crippen LogP contribution in [-0.2, 0) is 23.1 Å². The van der Waals surface area contributed by atoms with Gasteiger partial charge < -0.3 is 10.6 Å². The highest BCUT2D eigenvalue weighted by atomic mass is 16.2. The number of carbonyl (C=O) groups excluding carboxylic acids is 2. The van der Waals surface area contributed by atoms with E-state index in [1.54, 1.807) is 4.68 Å². The molecule has 0 unspecified atom stereocenters. The SMILES string of the molecule is Cn1nc(C2CC2)nc1CC(=O)NC1CC(CNC(=O)[C@@H]2C[C@H]2CC(C)(C)C)C1. The van der Waals surface area contributed by atoms with Crippen molar-refractivity contribution in [3.05, 3.63) is 11.6 Å². The number of aryl methyl sites for hydroxylation is 1. The summed E-state index contributed by atoms with van der Waals surface area (Å²) in [6.07, 6.45) is 6.64. The van der Waals surface area contributed by atoms with Gasteiger partial charge in [-0.2, -0.15) is 5.10 Å². The molecule has 0 spiro atoms. The van der Waals surface area contributed by atoms with Crippen LogP contribution in [0.25, 0.3) is 0 Å². The minimum absolute atomic E-state index is 0.0123. The number of amides is 2. The predicted octanol–water partition coefficient (Wildman–Crippen LogP) is 2.32. The zero-order valence-corrected chi connectivity index (χ0v) is 18.2. The van der Waals surface area contributed by atoms with E-state index in [0.29, 0.717) is 23.2 Å². The average Bonchev–Trinajstić information content (AvgIpc) is 3.49. The molecule has 0 aliphatic heterocycles. The maximum atomic E-state index is 12.3. The fourth-order valence-corrected chi connectivity index (χ4v) is 4.51. The van der Waals surface area contributed by atoms with E-state index >= 15 is 0 Å². The molecule has 7 heteroatoms. The second kappa shape index (κ2) is 7.73. The summed E-state index contributed by atoms with van der Waals surface area (Å²) >= 11 is 0. The van der Waals surface area contributed by atoms with Crippen molar-refractivity contribution in [1.82, 2.24) is 25.4 Å². The topological polar surface area (TPSA) is 88.9 Å². The van der Waals surface area contributed by atoms with Gasteiger partial charge in [0.1, 0.15) is 5.82 Å². The maximum Gasteiger partial charge on any atom is 0.227 e. The second-order valence-corrected chi connectivity index (χ2v) is 10.7. The molecule has 1 aromatic rings. The Kier molecular flexibility index (Phi) is 5.42. The molecule has 7 nitrogen and oxygen atoms in total. The Balaban J connectivity index is 1.11. The van der Waals surface area contributed by atoms with Crippen LogP contribution in [0, 0.1) is 23.2 Å². The molecular formula is C22H35N5O2. The first-order valence-corrected chi connectivity index (χ1v) is 11.1. The molecule has 2 N–H and O–H groups in total. The first-order valence-electron chi connectivity index (χ1n) is 11.1. The molecule has 3 aliphatic carbocycles. The lowest BCUT2D eigenvalue weighted by atomic mass is 9.80. The highest BCUT2D eigenvalue weighted by Gasteiger charge is 2.44. The summed E-state index contributed by atoms with van der Waals surface area (Å²) in [4.78, 5) is 29.1. The standard InChI is InChI=1S/C22H35N5O2/c1-22(2,3)11-15-9-17(15)21(29)23-12-13-7-16(8-13)24-19(28)10-18-25-20(14-5-6-14)26-27(18)4/h13-17H,5-12H2,1-4H3,(H,23,29)(H,24,28)/t13?,15-,16?,17+/m0/s1. The molecule has 1 heterocycles. The van der Waals surface area contributed by atoms with Crippen molar-refractivity contribution in [1.29, 1.82) is 0 Å². The van der Waals surface area contributed by atoms with Crippen molar-refractivity contribution in [2.75, 3.05) is 6.54 Å². The average molecular weight is 402 g/mol. The molecule has 29 heavy (non-hydrogen) atoms. The number of nitrogens with one attached hydrogen (secondary N) is 2. The van der Waals surface area contributed by atoms with Crippen LogP contribution in [-0.4, -0.2) is 39.2 Å². The van der Waals surface area contributed by atoms with Gasteiger partial charge in [0, 0.05) is 31.5 Å². The Hall–Kier alpha value is -1.92. The van der Waals surface area contributed by atoms with E-state index in [-0.39, 0.29) is 30.2 Å². The van der Waals surface area contributed by atoms with Crippen molar-refractivity contribution in [3.8, 4) is 0 Å². The Morgan fingerprint density at radius 2 is 1.90 bits per heavy atom. The quantitative estimate of drug-likeness (QED) is 0.700. The summed E-state index contributed by atoms with van der Waals surface area (Å²) in [7, 11) is 1.86. The van der Waals surface area contributed by atoms with Crippen molar-refractivity contribution in [2.45, 2.75) is 77.7 Å². The molecule has 4 rings (SSSR count). The first kappa shape index (κ1) is 20.4. The number of hydrogen-bond donors (Lipinski definition) is 2. The third-order valence-corrected chi connectivity index (χ3v) is 6.43. The lowest BCUT2D eigenvalue weighted by Gasteiger charge is -2.36. The van der Waals surface area contributed by atoms with E-state index in [4.69, 9.17) is 0 Å². The molecule has 0 saturated heterocycles. The summed E-state index contributed by atoms with van der Waals surface area (Å²) in [6, 6.07) is 0.218. The third-order valence-electron chi connectivity index (χ3n) is 6.43. The predicted molar refractivity (Wildman–Crippen MR) is 110 cm³/mol. The van der Waals surface area contributed by atoms with Crippen LogP contribution >= 0.6 is 0 Å². The molecule has 160 valence electrons. The number of aromatic nitrogens is 3. The number of hydrogen-bond acceptors (Lipinski definition) is 4. The molecule has 3 fully saturated rings. The minimum Gasteiger partial charge on any atom is -0.356 e. The zero-order chi connectivity index (χ0) is 20.8. The fourth-order valence-electron chi connectivity index (χ4n) is 4.51. The van der Waals surface area contributed by atoms with Crippen molar-refractivity contribution in [3.63, 3.8) is 0 Å². The Bertz CT molecular complexity index is 771. The molecule has 3 aliphatic rings. The van der Waals surface area contributed by atoms with Gasteiger partial charge in [-0.3, -0.25) is 14.3 Å². The first-order chi connectivity index (χ1) is 13.7. The fraction of sp³-hybridized carbons (Fsp3) is 0.818. The highest BCUT2D eigenvalue weighted by Crippen LogP contribution is 2.46. The van der Waals surface area contributed by atoms with Crippen molar-refractivity contribution < 1.29 is 9.59 Å². The van der Waals surface area contributed by atoms with E-state index in [0.717, 1.165) is 56.7 Å². The van der Waals surface area contributed by atoms with Crippen LogP contribution in [0.3, 0.4) is 0 Å². The Morgan fingerprint density at radius 3 is 2.55 bits per heavy atom. The van der Waals surface area contributed by atoms with Gasteiger partial charge in [-0.15, -0.1) is 0 Å². The maximum absolute atomic E-state index is 12.3. The van der Waals surface area contributed by atoms with Crippen LogP contribution in [0.15, 0.2) is 0 Å². The summed E-state index contributed by atoms with van der Waals surface area (Å²) in [6.45, 7) is 7.44. The van der Waals surface area contributed by atoms with Gasteiger partial charge >= 0.3 is 0 Å². The molecule has 2 amide bonds. The highest BCUT2D eigenvalue weighted by molar-refractivity contribution is 5.81.